The van der Waals surface area contributed by atoms with Crippen LogP contribution in [0.25, 0.3) is 0 Å². The summed E-state index contributed by atoms with van der Waals surface area (Å²) in [4.78, 5) is 11.1. The van der Waals surface area contributed by atoms with E-state index in [0.29, 0.717) is 11.6 Å². The van der Waals surface area contributed by atoms with Crippen molar-refractivity contribution in [3.63, 3.8) is 0 Å². The topological polar surface area (TPSA) is 48.0 Å². The highest BCUT2D eigenvalue weighted by Crippen LogP contribution is 2.07. The number of hydrogen-bond acceptors (Lipinski definition) is 2. The summed E-state index contributed by atoms with van der Waals surface area (Å²) in [6, 6.07) is 1.45. The third-order valence-electron chi connectivity index (χ3n) is 1.42. The van der Waals surface area contributed by atoms with Crippen molar-refractivity contribution >= 4 is 17.3 Å². The first kappa shape index (κ1) is 8.14. The van der Waals surface area contributed by atoms with Gasteiger partial charge in [-0.25, -0.2) is 0 Å². The lowest BCUT2D eigenvalue weighted by molar-refractivity contribution is 0.730. The molecular weight excluding hydrogens is 164 g/mol. The van der Waals surface area contributed by atoms with Crippen LogP contribution in [0.4, 0.5) is 5.69 Å². The van der Waals surface area contributed by atoms with E-state index < -0.39 is 0 Å². The van der Waals surface area contributed by atoms with Crippen molar-refractivity contribution in [1.82, 2.24) is 4.57 Å². The summed E-state index contributed by atoms with van der Waals surface area (Å²) >= 11 is 5.66. The Morgan fingerprint density at radius 3 is 2.91 bits per heavy atom. The highest BCUT2D eigenvalue weighted by atomic mass is 35.5. The van der Waals surface area contributed by atoms with Gasteiger partial charge in [0.1, 0.15) is 0 Å². The summed E-state index contributed by atoms with van der Waals surface area (Å²) in [6.45, 7) is 2.45. The lowest BCUT2D eigenvalue weighted by atomic mass is 10.4. The van der Waals surface area contributed by atoms with Gasteiger partial charge in [-0.05, 0) is 13.0 Å². The number of aromatic nitrogens is 1. The Kier molecular flexibility index (Phi) is 2.19. The van der Waals surface area contributed by atoms with Crippen LogP contribution in [0.5, 0.6) is 0 Å². The Morgan fingerprint density at radius 2 is 2.36 bits per heavy atom. The second-order valence-electron chi connectivity index (χ2n) is 2.20. The van der Waals surface area contributed by atoms with Crippen LogP contribution in [0.3, 0.4) is 0 Å². The number of pyridine rings is 1. The van der Waals surface area contributed by atoms with Crippen molar-refractivity contribution in [2.24, 2.45) is 0 Å². The zero-order valence-electron chi connectivity index (χ0n) is 6.17. The van der Waals surface area contributed by atoms with E-state index in [2.05, 4.69) is 0 Å². The molecule has 0 fully saturated rings. The van der Waals surface area contributed by atoms with E-state index in [4.69, 9.17) is 17.3 Å². The monoisotopic (exact) mass is 172 g/mol. The van der Waals surface area contributed by atoms with Crippen LogP contribution >= 0.6 is 11.6 Å². The van der Waals surface area contributed by atoms with Gasteiger partial charge in [0.15, 0.2) is 0 Å². The number of anilines is 1. The van der Waals surface area contributed by atoms with Crippen LogP contribution in [0.2, 0.25) is 5.02 Å². The van der Waals surface area contributed by atoms with Crippen LogP contribution in [0.15, 0.2) is 17.1 Å². The molecule has 0 unspecified atom stereocenters. The number of rotatable bonds is 1. The van der Waals surface area contributed by atoms with Crippen molar-refractivity contribution < 1.29 is 0 Å². The maximum Gasteiger partial charge on any atom is 0.273 e. The third kappa shape index (κ3) is 1.54. The molecule has 1 rings (SSSR count). The van der Waals surface area contributed by atoms with Crippen LogP contribution in [-0.2, 0) is 6.54 Å². The normalized spacial score (nSPS) is 10.0. The van der Waals surface area contributed by atoms with E-state index in [1.165, 1.54) is 10.6 Å². The van der Waals surface area contributed by atoms with Crippen LogP contribution in [0.1, 0.15) is 6.92 Å². The molecule has 0 aliphatic carbocycles. The van der Waals surface area contributed by atoms with E-state index in [0.717, 1.165) is 0 Å². The number of nitrogens with zero attached hydrogens (tertiary/aromatic N) is 1. The van der Waals surface area contributed by atoms with Crippen LogP contribution < -0.4 is 11.3 Å². The number of halogens is 1. The molecule has 3 nitrogen and oxygen atoms in total. The van der Waals surface area contributed by atoms with Crippen molar-refractivity contribution in [2.75, 3.05) is 5.73 Å². The van der Waals surface area contributed by atoms with E-state index in [-0.39, 0.29) is 11.2 Å². The van der Waals surface area contributed by atoms with Crippen molar-refractivity contribution in [1.29, 1.82) is 0 Å². The first-order valence-corrected chi connectivity index (χ1v) is 3.68. The molecule has 60 valence electrons. The summed E-state index contributed by atoms with van der Waals surface area (Å²) in [6.07, 6.45) is 1.57. The molecule has 0 saturated heterocycles. The molecule has 0 aliphatic heterocycles. The summed E-state index contributed by atoms with van der Waals surface area (Å²) < 4.78 is 1.47. The van der Waals surface area contributed by atoms with Gasteiger partial charge in [-0.3, -0.25) is 4.79 Å². The van der Waals surface area contributed by atoms with E-state index in [9.17, 15) is 4.79 Å². The fourth-order valence-corrected chi connectivity index (χ4v) is 1.09. The van der Waals surface area contributed by atoms with Gasteiger partial charge in [-0.15, -0.1) is 0 Å². The number of nitrogens with two attached hydrogens (primary N) is 1. The Balaban J connectivity index is 3.37. The zero-order valence-corrected chi connectivity index (χ0v) is 6.93. The molecule has 4 heteroatoms. The van der Waals surface area contributed by atoms with Crippen LogP contribution in [0, 0.1) is 0 Å². The predicted molar refractivity (Wildman–Crippen MR) is 45.8 cm³/mol. The first-order chi connectivity index (χ1) is 5.15. The van der Waals surface area contributed by atoms with Crippen molar-refractivity contribution in [2.45, 2.75) is 13.5 Å². The summed E-state index contributed by atoms with van der Waals surface area (Å²) in [5, 5.41) is 0.490. The highest BCUT2D eigenvalue weighted by Gasteiger charge is 1.99. The molecule has 0 bridgehead atoms. The van der Waals surface area contributed by atoms with Crippen LogP contribution in [-0.4, -0.2) is 4.57 Å². The SMILES string of the molecule is CCn1cc(Cl)cc(N)c1=O. The number of nitrogen functional groups attached to an aromatic ring is 1. The molecule has 1 heterocycles. The molecule has 0 saturated carbocycles. The second kappa shape index (κ2) is 2.96. The minimum atomic E-state index is -0.183. The largest absolute Gasteiger partial charge is 0.394 e. The maximum absolute atomic E-state index is 11.1. The number of hydrogen-bond donors (Lipinski definition) is 1. The van der Waals surface area contributed by atoms with Gasteiger partial charge in [0.25, 0.3) is 5.56 Å². The van der Waals surface area contributed by atoms with Crippen molar-refractivity contribution in [3.8, 4) is 0 Å². The maximum atomic E-state index is 11.1. The minimum absolute atomic E-state index is 0.183. The van der Waals surface area contributed by atoms with Gasteiger partial charge in [0.05, 0.1) is 10.7 Å². The summed E-state index contributed by atoms with van der Waals surface area (Å²) in [7, 11) is 0. The highest BCUT2D eigenvalue weighted by molar-refractivity contribution is 6.30. The Morgan fingerprint density at radius 1 is 1.73 bits per heavy atom. The van der Waals surface area contributed by atoms with E-state index in [1.807, 2.05) is 6.92 Å². The summed E-state index contributed by atoms with van der Waals surface area (Å²) in [5.41, 5.74) is 5.39. The molecule has 1 aromatic heterocycles. The van der Waals surface area contributed by atoms with Gasteiger partial charge in [0.2, 0.25) is 0 Å². The fraction of sp³-hybridized carbons (Fsp3) is 0.286. The number of aryl methyl sites for hydroxylation is 1. The molecule has 2 N–H and O–H groups in total. The van der Waals surface area contributed by atoms with Gasteiger partial charge in [-0.2, -0.15) is 0 Å². The lowest BCUT2D eigenvalue weighted by Crippen LogP contribution is -2.21. The predicted octanol–water partition coefficient (Wildman–Crippen LogP) is 1.10. The molecule has 0 spiro atoms. The Hall–Kier alpha value is -0.960. The fourth-order valence-electron chi connectivity index (χ4n) is 0.856. The summed E-state index contributed by atoms with van der Waals surface area (Å²) in [5.74, 6) is 0. The molecule has 0 atom stereocenters. The van der Waals surface area contributed by atoms with Gasteiger partial charge < -0.3 is 10.3 Å². The molecule has 0 radical (unpaired) electrons. The van der Waals surface area contributed by atoms with Gasteiger partial charge in [-0.1, -0.05) is 11.6 Å². The molecular formula is C7H9ClN2O. The first-order valence-electron chi connectivity index (χ1n) is 3.30. The molecule has 1 aromatic rings. The molecule has 0 aliphatic rings. The van der Waals surface area contributed by atoms with Gasteiger partial charge >= 0.3 is 0 Å². The average Bonchev–Trinajstić information content (AvgIpc) is 1.96. The zero-order chi connectivity index (χ0) is 8.43. The average molecular weight is 173 g/mol. The molecule has 0 amide bonds. The second-order valence-corrected chi connectivity index (χ2v) is 2.64. The Labute approximate surface area is 69.4 Å². The van der Waals surface area contributed by atoms with Gasteiger partial charge in [0, 0.05) is 12.7 Å². The third-order valence-corrected chi connectivity index (χ3v) is 1.63. The minimum Gasteiger partial charge on any atom is -0.394 e. The van der Waals surface area contributed by atoms with E-state index >= 15 is 0 Å². The quantitative estimate of drug-likeness (QED) is 0.690. The molecule has 0 aromatic carbocycles. The van der Waals surface area contributed by atoms with Crippen molar-refractivity contribution in [3.05, 3.63) is 27.6 Å². The standard InChI is InChI=1S/C7H9ClN2O/c1-2-10-4-5(8)3-6(9)7(10)11/h3-4H,2,9H2,1H3. The Bertz CT molecular complexity index is 319. The lowest BCUT2D eigenvalue weighted by Gasteiger charge is -2.02. The smallest absolute Gasteiger partial charge is 0.273 e. The molecule has 11 heavy (non-hydrogen) atoms. The van der Waals surface area contributed by atoms with E-state index in [1.54, 1.807) is 6.20 Å².